The van der Waals surface area contributed by atoms with Crippen molar-refractivity contribution < 1.29 is 13.6 Å². The molecule has 3 rings (SSSR count). The summed E-state index contributed by atoms with van der Waals surface area (Å²) in [6, 6.07) is 5.70. The summed E-state index contributed by atoms with van der Waals surface area (Å²) in [6.45, 7) is 0.0339. The van der Waals surface area contributed by atoms with Gasteiger partial charge in [0.2, 0.25) is 0 Å². The molecule has 2 aromatic rings. The number of primary amides is 1. The number of likely N-dealkylation sites (tertiary alicyclic amines) is 1. The normalized spacial score (nSPS) is 20.1. The van der Waals surface area contributed by atoms with E-state index in [4.69, 9.17) is 17.2 Å². The fraction of sp³-hybridized carbons (Fsp3) is 0.375. The lowest BCUT2D eigenvalue weighted by atomic mass is 10.1. The van der Waals surface area contributed by atoms with Crippen LogP contribution in [0, 0.1) is 0 Å². The number of rotatable bonds is 4. The molecule has 2 heterocycles. The first-order valence-electron chi connectivity index (χ1n) is 7.78. The lowest BCUT2D eigenvalue weighted by Crippen LogP contribution is -2.31. The third-order valence-electron chi connectivity index (χ3n) is 4.41. The summed E-state index contributed by atoms with van der Waals surface area (Å²) in [7, 11) is 1.59. The number of alkyl halides is 2. The Kier molecular flexibility index (Phi) is 4.21. The van der Waals surface area contributed by atoms with E-state index in [0.717, 1.165) is 10.2 Å². The fourth-order valence-corrected chi connectivity index (χ4v) is 3.14. The number of nitrogens with zero attached hydrogens (tertiary/aromatic N) is 3. The molecular weight excluding hydrogens is 330 g/mol. The van der Waals surface area contributed by atoms with Gasteiger partial charge in [0.1, 0.15) is 23.1 Å². The number of halogens is 2. The molecule has 7 nitrogen and oxygen atoms in total. The molecule has 134 valence electrons. The topological polar surface area (TPSA) is 116 Å². The van der Waals surface area contributed by atoms with Crippen molar-refractivity contribution in [2.75, 3.05) is 25.9 Å². The second kappa shape index (κ2) is 6.08. The van der Waals surface area contributed by atoms with Crippen LogP contribution in [0.3, 0.4) is 0 Å². The van der Waals surface area contributed by atoms with Crippen LogP contribution >= 0.6 is 0 Å². The number of aromatic nitrogens is 2. The lowest BCUT2D eigenvalue weighted by molar-refractivity contribution is -0.0232. The highest BCUT2D eigenvalue weighted by molar-refractivity contribution is 6.03. The summed E-state index contributed by atoms with van der Waals surface area (Å²) < 4.78 is 29.6. The van der Waals surface area contributed by atoms with Crippen LogP contribution in [0.15, 0.2) is 24.3 Å². The fourth-order valence-electron chi connectivity index (χ4n) is 3.14. The Labute approximate surface area is 143 Å². The molecule has 1 amide bonds. The van der Waals surface area contributed by atoms with Crippen LogP contribution in [0.2, 0.25) is 0 Å². The number of amides is 1. The van der Waals surface area contributed by atoms with E-state index in [1.54, 1.807) is 31.3 Å². The van der Waals surface area contributed by atoms with Crippen molar-refractivity contribution in [2.24, 2.45) is 11.5 Å². The molecule has 1 aromatic carbocycles. The molecule has 0 saturated carbocycles. The number of carbonyl (C=O) groups is 1. The smallest absolute Gasteiger partial charge is 0.283 e. The van der Waals surface area contributed by atoms with E-state index in [1.807, 2.05) is 0 Å². The van der Waals surface area contributed by atoms with Crippen LogP contribution in [-0.2, 0) is 6.54 Å². The summed E-state index contributed by atoms with van der Waals surface area (Å²) in [5.74, 6) is -3.97. The third kappa shape index (κ3) is 2.96. The molecule has 1 saturated heterocycles. The largest absolute Gasteiger partial charge is 0.383 e. The Hall–Kier alpha value is -2.52. The Balaban J connectivity index is 2.12. The molecule has 1 aliphatic rings. The van der Waals surface area contributed by atoms with E-state index >= 15 is 0 Å². The maximum Gasteiger partial charge on any atom is 0.283 e. The van der Waals surface area contributed by atoms with Crippen molar-refractivity contribution in [3.8, 4) is 11.3 Å². The summed E-state index contributed by atoms with van der Waals surface area (Å²) in [6.07, 6.45) is 0. The highest BCUT2D eigenvalue weighted by Gasteiger charge is 2.49. The van der Waals surface area contributed by atoms with Crippen molar-refractivity contribution in [2.45, 2.75) is 18.5 Å². The van der Waals surface area contributed by atoms with Gasteiger partial charge < -0.3 is 17.2 Å². The zero-order valence-electron chi connectivity index (χ0n) is 13.7. The summed E-state index contributed by atoms with van der Waals surface area (Å²) in [5.41, 5.74) is 18.6. The van der Waals surface area contributed by atoms with E-state index in [1.165, 1.54) is 4.90 Å². The quantitative estimate of drug-likeness (QED) is 0.755. The minimum atomic E-state index is -3.01. The molecule has 0 radical (unpaired) electrons. The third-order valence-corrected chi connectivity index (χ3v) is 4.41. The van der Waals surface area contributed by atoms with Gasteiger partial charge >= 0.3 is 0 Å². The van der Waals surface area contributed by atoms with E-state index in [9.17, 15) is 13.6 Å². The molecule has 1 aromatic heterocycles. The molecule has 9 heteroatoms. The average molecular weight is 350 g/mol. The zero-order valence-corrected chi connectivity index (χ0v) is 13.7. The van der Waals surface area contributed by atoms with Gasteiger partial charge in [-0.3, -0.25) is 9.69 Å². The van der Waals surface area contributed by atoms with Crippen molar-refractivity contribution in [1.29, 1.82) is 0 Å². The minimum absolute atomic E-state index is 0.0501. The SMILES string of the molecule is CN1CC(n2nc(-c3ccc(CN)cc3)c(C(N)=O)c2N)C(F)(F)C1. The maximum absolute atomic E-state index is 14.3. The van der Waals surface area contributed by atoms with Gasteiger partial charge in [-0.05, 0) is 12.6 Å². The second-order valence-corrected chi connectivity index (χ2v) is 6.29. The second-order valence-electron chi connectivity index (χ2n) is 6.29. The van der Waals surface area contributed by atoms with Gasteiger partial charge in [0.25, 0.3) is 11.8 Å². The molecule has 25 heavy (non-hydrogen) atoms. The first kappa shape index (κ1) is 17.3. The molecular formula is C16H20F2N6O. The number of nitrogen functional groups attached to an aromatic ring is 1. The maximum atomic E-state index is 14.3. The molecule has 0 bridgehead atoms. The van der Waals surface area contributed by atoms with Crippen molar-refractivity contribution in [3.63, 3.8) is 0 Å². The Morgan fingerprint density at radius 1 is 1.36 bits per heavy atom. The van der Waals surface area contributed by atoms with Crippen molar-refractivity contribution >= 4 is 11.7 Å². The van der Waals surface area contributed by atoms with E-state index in [-0.39, 0.29) is 23.6 Å². The van der Waals surface area contributed by atoms with Crippen LogP contribution in [0.5, 0.6) is 0 Å². The molecule has 6 N–H and O–H groups in total. The van der Waals surface area contributed by atoms with Gasteiger partial charge in [0, 0.05) is 18.7 Å². The number of hydrogen-bond donors (Lipinski definition) is 3. The Morgan fingerprint density at radius 3 is 2.48 bits per heavy atom. The van der Waals surface area contributed by atoms with Gasteiger partial charge in [-0.25, -0.2) is 13.5 Å². The average Bonchev–Trinajstić information content (AvgIpc) is 3.02. The first-order valence-corrected chi connectivity index (χ1v) is 7.78. The summed E-state index contributed by atoms with van der Waals surface area (Å²) in [5, 5.41) is 4.22. The number of benzene rings is 1. The predicted molar refractivity (Wildman–Crippen MR) is 90.0 cm³/mol. The van der Waals surface area contributed by atoms with Crippen LogP contribution in [-0.4, -0.2) is 46.6 Å². The van der Waals surface area contributed by atoms with Crippen LogP contribution in [0.25, 0.3) is 11.3 Å². The molecule has 0 spiro atoms. The molecule has 1 unspecified atom stereocenters. The van der Waals surface area contributed by atoms with Crippen LogP contribution in [0.1, 0.15) is 22.0 Å². The van der Waals surface area contributed by atoms with Crippen molar-refractivity contribution in [3.05, 3.63) is 35.4 Å². The van der Waals surface area contributed by atoms with Crippen LogP contribution < -0.4 is 17.2 Å². The monoisotopic (exact) mass is 350 g/mol. The number of carbonyl (C=O) groups excluding carboxylic acids is 1. The Morgan fingerprint density at radius 2 is 2.00 bits per heavy atom. The van der Waals surface area contributed by atoms with E-state index in [2.05, 4.69) is 5.10 Å². The van der Waals surface area contributed by atoms with Gasteiger partial charge in [-0.15, -0.1) is 0 Å². The van der Waals surface area contributed by atoms with Gasteiger partial charge in [0.05, 0.1) is 6.54 Å². The van der Waals surface area contributed by atoms with Gasteiger partial charge in [0.15, 0.2) is 0 Å². The molecule has 0 aliphatic carbocycles. The number of anilines is 1. The zero-order chi connectivity index (χ0) is 18.4. The van der Waals surface area contributed by atoms with E-state index in [0.29, 0.717) is 12.1 Å². The summed E-state index contributed by atoms with van der Waals surface area (Å²) >= 11 is 0. The number of hydrogen-bond acceptors (Lipinski definition) is 5. The van der Waals surface area contributed by atoms with Crippen LogP contribution in [0.4, 0.5) is 14.6 Å². The Bertz CT molecular complexity index is 802. The van der Waals surface area contributed by atoms with Gasteiger partial charge in [-0.2, -0.15) is 5.10 Å². The molecule has 1 atom stereocenters. The summed E-state index contributed by atoms with van der Waals surface area (Å²) in [4.78, 5) is 13.4. The van der Waals surface area contributed by atoms with Gasteiger partial charge in [-0.1, -0.05) is 24.3 Å². The van der Waals surface area contributed by atoms with Crippen molar-refractivity contribution in [1.82, 2.24) is 14.7 Å². The lowest BCUT2D eigenvalue weighted by Gasteiger charge is -2.19. The highest BCUT2D eigenvalue weighted by atomic mass is 19.3. The van der Waals surface area contributed by atoms with E-state index < -0.39 is 24.4 Å². The minimum Gasteiger partial charge on any atom is -0.383 e. The highest BCUT2D eigenvalue weighted by Crippen LogP contribution is 2.39. The molecule has 1 fully saturated rings. The number of likely N-dealkylation sites (N-methyl/N-ethyl adjacent to an activating group) is 1. The predicted octanol–water partition coefficient (Wildman–Crippen LogP) is 0.812. The standard InChI is InChI=1S/C16H20F2N6O/c1-23-7-11(16(17,18)8-23)24-14(20)12(15(21)25)13(22-24)10-4-2-9(6-19)3-5-10/h2-5,11H,6-8,19-20H2,1H3,(H2,21,25). The number of nitrogens with two attached hydrogens (primary N) is 3. The first-order chi connectivity index (χ1) is 11.7. The molecule has 1 aliphatic heterocycles.